The van der Waals surface area contributed by atoms with E-state index in [2.05, 4.69) is 36.5 Å². The second-order valence-corrected chi connectivity index (χ2v) is 6.03. The van der Waals surface area contributed by atoms with E-state index in [1.807, 2.05) is 31.2 Å². The fraction of sp³-hybridized carbons (Fsp3) is 0.214. The first-order chi connectivity index (χ1) is 10.1. The Morgan fingerprint density at radius 3 is 2.62 bits per heavy atom. The molecule has 0 saturated heterocycles. The van der Waals surface area contributed by atoms with E-state index in [1.54, 1.807) is 0 Å². The second-order valence-electron chi connectivity index (χ2n) is 4.18. The van der Waals surface area contributed by atoms with Gasteiger partial charge in [-0.15, -0.1) is 0 Å². The highest BCUT2D eigenvalue weighted by atomic mass is 79.9. The Bertz CT molecular complexity index is 633. The molecule has 0 spiro atoms. The van der Waals surface area contributed by atoms with Gasteiger partial charge in [0.2, 0.25) is 5.91 Å². The Labute approximate surface area is 136 Å². The zero-order valence-electron chi connectivity index (χ0n) is 11.7. The number of anilines is 2. The third-order valence-corrected chi connectivity index (χ3v) is 4.52. The summed E-state index contributed by atoms with van der Waals surface area (Å²) in [6.07, 6.45) is 1.54. The minimum Gasteiger partial charge on any atom is -0.369 e. The molecule has 0 aliphatic rings. The molecular formula is C14H15BrN4OS. The molecule has 1 amide bonds. The van der Waals surface area contributed by atoms with Gasteiger partial charge < -0.3 is 10.6 Å². The predicted octanol–water partition coefficient (Wildman–Crippen LogP) is 3.78. The van der Waals surface area contributed by atoms with Crippen LogP contribution in [0.2, 0.25) is 0 Å². The standard InChI is InChI=1S/C14H15BrN4OS/c1-3-16-13-12(15)14(18-8-17-13)21-11-6-4-10(5-7-11)19-9(2)20/h4-8H,3H2,1-2H3,(H,19,20)(H,16,17,18). The van der Waals surface area contributed by atoms with Crippen LogP contribution in [0.25, 0.3) is 0 Å². The summed E-state index contributed by atoms with van der Waals surface area (Å²) in [5, 5.41) is 6.75. The number of rotatable bonds is 5. The molecule has 0 aliphatic carbocycles. The molecule has 0 saturated carbocycles. The summed E-state index contributed by atoms with van der Waals surface area (Å²) in [5.41, 5.74) is 0.780. The van der Waals surface area contributed by atoms with Crippen molar-refractivity contribution in [3.63, 3.8) is 0 Å². The average Bonchev–Trinajstić information content (AvgIpc) is 2.45. The first kappa shape index (κ1) is 15.8. The first-order valence-electron chi connectivity index (χ1n) is 6.40. The van der Waals surface area contributed by atoms with E-state index in [0.29, 0.717) is 0 Å². The smallest absolute Gasteiger partial charge is 0.221 e. The van der Waals surface area contributed by atoms with Gasteiger partial charge in [-0.2, -0.15) is 0 Å². The van der Waals surface area contributed by atoms with Crippen molar-refractivity contribution in [2.24, 2.45) is 0 Å². The molecule has 2 rings (SSSR count). The first-order valence-corrected chi connectivity index (χ1v) is 8.01. The van der Waals surface area contributed by atoms with Crippen LogP contribution in [0, 0.1) is 0 Å². The summed E-state index contributed by atoms with van der Waals surface area (Å²) < 4.78 is 0.850. The molecule has 1 aromatic carbocycles. The highest BCUT2D eigenvalue weighted by molar-refractivity contribution is 9.10. The van der Waals surface area contributed by atoms with Gasteiger partial charge in [0.25, 0.3) is 0 Å². The fourth-order valence-electron chi connectivity index (χ4n) is 1.64. The number of amides is 1. The van der Waals surface area contributed by atoms with Crippen LogP contribution >= 0.6 is 27.7 Å². The Morgan fingerprint density at radius 1 is 1.29 bits per heavy atom. The number of nitrogens with zero attached hydrogens (tertiary/aromatic N) is 2. The second kappa shape index (κ2) is 7.42. The molecule has 1 heterocycles. The number of hydrogen-bond acceptors (Lipinski definition) is 5. The van der Waals surface area contributed by atoms with E-state index in [9.17, 15) is 4.79 Å². The van der Waals surface area contributed by atoms with Crippen molar-refractivity contribution in [1.82, 2.24) is 9.97 Å². The average molecular weight is 367 g/mol. The summed E-state index contributed by atoms with van der Waals surface area (Å²) in [6, 6.07) is 7.61. The molecule has 0 atom stereocenters. The van der Waals surface area contributed by atoms with E-state index in [4.69, 9.17) is 0 Å². The van der Waals surface area contributed by atoms with Gasteiger partial charge in [0.15, 0.2) is 0 Å². The van der Waals surface area contributed by atoms with Crippen molar-refractivity contribution >= 4 is 45.1 Å². The maximum Gasteiger partial charge on any atom is 0.221 e. The summed E-state index contributed by atoms with van der Waals surface area (Å²) >= 11 is 5.05. The zero-order chi connectivity index (χ0) is 15.2. The predicted molar refractivity (Wildman–Crippen MR) is 88.8 cm³/mol. The maximum absolute atomic E-state index is 11.0. The van der Waals surface area contributed by atoms with E-state index < -0.39 is 0 Å². The summed E-state index contributed by atoms with van der Waals surface area (Å²) in [7, 11) is 0. The summed E-state index contributed by atoms with van der Waals surface area (Å²) in [5.74, 6) is 0.703. The largest absolute Gasteiger partial charge is 0.369 e. The van der Waals surface area contributed by atoms with Crippen LogP contribution < -0.4 is 10.6 Å². The molecule has 5 nitrogen and oxygen atoms in total. The van der Waals surface area contributed by atoms with Crippen molar-refractivity contribution in [2.75, 3.05) is 17.2 Å². The Hall–Kier alpha value is -1.60. The third-order valence-electron chi connectivity index (χ3n) is 2.49. The number of carbonyl (C=O) groups excluding carboxylic acids is 1. The van der Waals surface area contributed by atoms with Crippen LogP contribution in [0.4, 0.5) is 11.5 Å². The van der Waals surface area contributed by atoms with Gasteiger partial charge in [-0.1, -0.05) is 11.8 Å². The highest BCUT2D eigenvalue weighted by Gasteiger charge is 2.09. The van der Waals surface area contributed by atoms with Gasteiger partial charge in [0.05, 0.1) is 4.47 Å². The monoisotopic (exact) mass is 366 g/mol. The van der Waals surface area contributed by atoms with E-state index in [0.717, 1.165) is 32.4 Å². The van der Waals surface area contributed by atoms with Crippen LogP contribution in [0.15, 0.2) is 45.0 Å². The number of aromatic nitrogens is 2. The molecule has 110 valence electrons. The van der Waals surface area contributed by atoms with E-state index in [-0.39, 0.29) is 5.91 Å². The Morgan fingerprint density at radius 2 is 2.00 bits per heavy atom. The van der Waals surface area contributed by atoms with E-state index in [1.165, 1.54) is 25.0 Å². The molecule has 2 N–H and O–H groups in total. The molecule has 2 aromatic rings. The van der Waals surface area contributed by atoms with Crippen molar-refractivity contribution in [1.29, 1.82) is 0 Å². The third kappa shape index (κ3) is 4.44. The minimum absolute atomic E-state index is 0.0794. The minimum atomic E-state index is -0.0794. The Balaban J connectivity index is 2.14. The molecule has 0 radical (unpaired) electrons. The topological polar surface area (TPSA) is 66.9 Å². The lowest BCUT2D eigenvalue weighted by Crippen LogP contribution is -2.05. The summed E-state index contributed by atoms with van der Waals surface area (Å²) in [6.45, 7) is 4.30. The lowest BCUT2D eigenvalue weighted by atomic mass is 10.3. The molecule has 0 aliphatic heterocycles. The SMILES string of the molecule is CCNc1ncnc(Sc2ccc(NC(C)=O)cc2)c1Br. The van der Waals surface area contributed by atoms with E-state index >= 15 is 0 Å². The molecule has 0 unspecified atom stereocenters. The number of halogens is 1. The number of benzene rings is 1. The van der Waals surface area contributed by atoms with Crippen LogP contribution in [0.3, 0.4) is 0 Å². The van der Waals surface area contributed by atoms with Crippen molar-refractivity contribution < 1.29 is 4.79 Å². The van der Waals surface area contributed by atoms with Crippen molar-refractivity contribution in [2.45, 2.75) is 23.8 Å². The van der Waals surface area contributed by atoms with Gasteiger partial charge >= 0.3 is 0 Å². The van der Waals surface area contributed by atoms with Crippen LogP contribution in [0.5, 0.6) is 0 Å². The lowest BCUT2D eigenvalue weighted by molar-refractivity contribution is -0.114. The molecule has 0 fully saturated rings. The van der Waals surface area contributed by atoms with Crippen molar-refractivity contribution in [3.8, 4) is 0 Å². The number of nitrogens with one attached hydrogen (secondary N) is 2. The van der Waals surface area contributed by atoms with Crippen LogP contribution in [-0.4, -0.2) is 22.4 Å². The maximum atomic E-state index is 11.0. The van der Waals surface area contributed by atoms with Gasteiger partial charge in [0, 0.05) is 24.1 Å². The zero-order valence-corrected chi connectivity index (χ0v) is 14.1. The van der Waals surface area contributed by atoms with Crippen molar-refractivity contribution in [3.05, 3.63) is 35.1 Å². The van der Waals surface area contributed by atoms with Gasteiger partial charge in [-0.3, -0.25) is 4.79 Å². The van der Waals surface area contributed by atoms with Crippen LogP contribution in [0.1, 0.15) is 13.8 Å². The van der Waals surface area contributed by atoms with Gasteiger partial charge in [-0.25, -0.2) is 9.97 Å². The summed E-state index contributed by atoms with van der Waals surface area (Å²) in [4.78, 5) is 20.5. The number of carbonyl (C=O) groups is 1. The number of hydrogen-bond donors (Lipinski definition) is 2. The molecule has 21 heavy (non-hydrogen) atoms. The molecule has 0 bridgehead atoms. The lowest BCUT2D eigenvalue weighted by Gasteiger charge is -2.09. The normalized spacial score (nSPS) is 10.2. The highest BCUT2D eigenvalue weighted by Crippen LogP contribution is 2.35. The quantitative estimate of drug-likeness (QED) is 0.788. The van der Waals surface area contributed by atoms with Gasteiger partial charge in [-0.05, 0) is 47.1 Å². The Kier molecular flexibility index (Phi) is 5.58. The van der Waals surface area contributed by atoms with Gasteiger partial charge in [0.1, 0.15) is 17.2 Å². The molecule has 7 heteroatoms. The van der Waals surface area contributed by atoms with Crippen LogP contribution in [-0.2, 0) is 4.79 Å². The molecular weight excluding hydrogens is 352 g/mol. The fourth-order valence-corrected chi connectivity index (χ4v) is 3.01. The molecule has 1 aromatic heterocycles.